The van der Waals surface area contributed by atoms with E-state index in [1.807, 2.05) is 0 Å². The molecule has 1 saturated carbocycles. The van der Waals surface area contributed by atoms with Gasteiger partial charge in [0.1, 0.15) is 0 Å². The van der Waals surface area contributed by atoms with Crippen molar-refractivity contribution in [2.75, 3.05) is 13.2 Å². The first-order chi connectivity index (χ1) is 9.65. The van der Waals surface area contributed by atoms with Gasteiger partial charge in [-0.1, -0.05) is 53.4 Å². The van der Waals surface area contributed by atoms with Gasteiger partial charge in [0.05, 0.1) is 6.10 Å². The summed E-state index contributed by atoms with van der Waals surface area (Å²) in [5, 5.41) is 3.84. The zero-order valence-corrected chi connectivity index (χ0v) is 14.5. The fraction of sp³-hybridized carbons (Fsp3) is 1.00. The van der Waals surface area contributed by atoms with E-state index in [0.717, 1.165) is 25.0 Å². The van der Waals surface area contributed by atoms with E-state index in [-0.39, 0.29) is 0 Å². The lowest BCUT2D eigenvalue weighted by molar-refractivity contribution is -0.0267. The first kappa shape index (κ1) is 18.0. The molecular weight excluding hydrogens is 246 g/mol. The Balaban J connectivity index is 2.83. The van der Waals surface area contributed by atoms with Crippen molar-refractivity contribution in [3.63, 3.8) is 0 Å². The van der Waals surface area contributed by atoms with Crippen LogP contribution in [0.1, 0.15) is 73.1 Å². The molecule has 0 saturated heterocycles. The van der Waals surface area contributed by atoms with Crippen LogP contribution in [0.3, 0.4) is 0 Å². The van der Waals surface area contributed by atoms with E-state index >= 15 is 0 Å². The van der Waals surface area contributed by atoms with Crippen LogP contribution in [-0.2, 0) is 4.74 Å². The van der Waals surface area contributed by atoms with Crippen LogP contribution in [0.25, 0.3) is 0 Å². The standard InChI is InChI=1S/C18H37NO/c1-6-13-19-17(18(14(4)5)20-8-3)16-12-10-9-11-15(16)7-2/h14-19H,6-13H2,1-5H3. The molecule has 0 aromatic rings. The van der Waals surface area contributed by atoms with Crippen molar-refractivity contribution in [1.29, 1.82) is 0 Å². The van der Waals surface area contributed by atoms with Gasteiger partial charge in [-0.2, -0.15) is 0 Å². The molecule has 0 aromatic carbocycles. The summed E-state index contributed by atoms with van der Waals surface area (Å²) in [6.07, 6.45) is 8.53. The second-order valence-corrected chi connectivity index (χ2v) is 6.76. The molecule has 0 radical (unpaired) electrons. The van der Waals surface area contributed by atoms with Gasteiger partial charge < -0.3 is 10.1 Å². The molecule has 1 N–H and O–H groups in total. The van der Waals surface area contributed by atoms with Crippen LogP contribution in [-0.4, -0.2) is 25.3 Å². The van der Waals surface area contributed by atoms with Gasteiger partial charge in [-0.05, 0) is 44.1 Å². The normalized spacial score (nSPS) is 26.7. The summed E-state index contributed by atoms with van der Waals surface area (Å²) in [6.45, 7) is 13.3. The summed E-state index contributed by atoms with van der Waals surface area (Å²) < 4.78 is 6.15. The topological polar surface area (TPSA) is 21.3 Å². The number of ether oxygens (including phenoxy) is 1. The molecule has 0 spiro atoms. The van der Waals surface area contributed by atoms with E-state index in [2.05, 4.69) is 39.9 Å². The predicted octanol–water partition coefficient (Wildman–Crippen LogP) is 4.63. The van der Waals surface area contributed by atoms with Crippen molar-refractivity contribution >= 4 is 0 Å². The first-order valence-corrected chi connectivity index (χ1v) is 9.00. The Morgan fingerprint density at radius 1 is 1.10 bits per heavy atom. The van der Waals surface area contributed by atoms with E-state index in [1.54, 1.807) is 0 Å². The summed E-state index contributed by atoms with van der Waals surface area (Å²) in [6, 6.07) is 0.542. The van der Waals surface area contributed by atoms with E-state index in [9.17, 15) is 0 Å². The highest BCUT2D eigenvalue weighted by Gasteiger charge is 2.36. The van der Waals surface area contributed by atoms with Gasteiger partial charge in [0.25, 0.3) is 0 Å². The van der Waals surface area contributed by atoms with Crippen molar-refractivity contribution in [3.05, 3.63) is 0 Å². The van der Waals surface area contributed by atoms with Crippen molar-refractivity contribution < 1.29 is 4.74 Å². The summed E-state index contributed by atoms with van der Waals surface area (Å²) in [7, 11) is 0. The van der Waals surface area contributed by atoms with Crippen LogP contribution in [0.15, 0.2) is 0 Å². The van der Waals surface area contributed by atoms with Gasteiger partial charge in [-0.15, -0.1) is 0 Å². The van der Waals surface area contributed by atoms with Crippen molar-refractivity contribution in [3.8, 4) is 0 Å². The smallest absolute Gasteiger partial charge is 0.0753 e. The van der Waals surface area contributed by atoms with Gasteiger partial charge in [-0.3, -0.25) is 0 Å². The second-order valence-electron chi connectivity index (χ2n) is 6.76. The van der Waals surface area contributed by atoms with Gasteiger partial charge in [0.15, 0.2) is 0 Å². The van der Waals surface area contributed by atoms with Crippen LogP contribution < -0.4 is 5.32 Å². The molecule has 20 heavy (non-hydrogen) atoms. The molecule has 2 heteroatoms. The van der Waals surface area contributed by atoms with Crippen LogP contribution in [0, 0.1) is 17.8 Å². The quantitative estimate of drug-likeness (QED) is 0.666. The fourth-order valence-corrected chi connectivity index (χ4v) is 3.94. The average molecular weight is 284 g/mol. The van der Waals surface area contributed by atoms with Crippen LogP contribution in [0.4, 0.5) is 0 Å². The van der Waals surface area contributed by atoms with Crippen molar-refractivity contribution in [2.24, 2.45) is 17.8 Å². The average Bonchev–Trinajstić information content (AvgIpc) is 2.46. The number of nitrogens with one attached hydrogen (secondary N) is 1. The van der Waals surface area contributed by atoms with Gasteiger partial charge in [0, 0.05) is 12.6 Å². The molecular formula is C18H37NO. The Bertz CT molecular complexity index is 242. The van der Waals surface area contributed by atoms with Crippen molar-refractivity contribution in [1.82, 2.24) is 5.32 Å². The third kappa shape index (κ3) is 5.04. The van der Waals surface area contributed by atoms with Crippen molar-refractivity contribution in [2.45, 2.75) is 85.3 Å². The Morgan fingerprint density at radius 3 is 2.35 bits per heavy atom. The van der Waals surface area contributed by atoms with Crippen LogP contribution in [0.5, 0.6) is 0 Å². The Kier molecular flexibility index (Phi) is 8.79. The SMILES string of the molecule is CCCNC(C1CCCCC1CC)C(OCC)C(C)C. The number of rotatable bonds is 9. The maximum atomic E-state index is 6.15. The molecule has 0 heterocycles. The zero-order valence-electron chi connectivity index (χ0n) is 14.5. The van der Waals surface area contributed by atoms with E-state index in [1.165, 1.54) is 38.5 Å². The molecule has 0 aliphatic heterocycles. The molecule has 1 rings (SSSR count). The predicted molar refractivity (Wildman–Crippen MR) is 88.1 cm³/mol. The summed E-state index contributed by atoms with van der Waals surface area (Å²) in [5.41, 5.74) is 0. The summed E-state index contributed by atoms with van der Waals surface area (Å²) in [5.74, 6) is 2.28. The maximum Gasteiger partial charge on any atom is 0.0753 e. The van der Waals surface area contributed by atoms with E-state index in [4.69, 9.17) is 4.74 Å². The molecule has 2 nitrogen and oxygen atoms in total. The Labute approximate surface area is 127 Å². The lowest BCUT2D eigenvalue weighted by Crippen LogP contribution is -2.51. The molecule has 1 aliphatic rings. The highest BCUT2D eigenvalue weighted by atomic mass is 16.5. The molecule has 1 aliphatic carbocycles. The Morgan fingerprint density at radius 2 is 1.80 bits per heavy atom. The van der Waals surface area contributed by atoms with Gasteiger partial charge in [0.2, 0.25) is 0 Å². The highest BCUT2D eigenvalue weighted by Crippen LogP contribution is 2.37. The largest absolute Gasteiger partial charge is 0.377 e. The van der Waals surface area contributed by atoms with Crippen LogP contribution in [0.2, 0.25) is 0 Å². The molecule has 4 atom stereocenters. The minimum absolute atomic E-state index is 0.365. The third-order valence-corrected chi connectivity index (χ3v) is 4.95. The molecule has 0 bridgehead atoms. The molecule has 120 valence electrons. The lowest BCUT2D eigenvalue weighted by atomic mass is 9.71. The van der Waals surface area contributed by atoms with Gasteiger partial charge in [-0.25, -0.2) is 0 Å². The van der Waals surface area contributed by atoms with Gasteiger partial charge >= 0.3 is 0 Å². The third-order valence-electron chi connectivity index (χ3n) is 4.95. The number of hydrogen-bond donors (Lipinski definition) is 1. The fourth-order valence-electron chi connectivity index (χ4n) is 3.94. The van der Waals surface area contributed by atoms with E-state index in [0.29, 0.717) is 18.1 Å². The number of hydrogen-bond acceptors (Lipinski definition) is 2. The first-order valence-electron chi connectivity index (χ1n) is 9.00. The molecule has 0 aromatic heterocycles. The second kappa shape index (κ2) is 9.78. The monoisotopic (exact) mass is 283 g/mol. The maximum absolute atomic E-state index is 6.15. The molecule has 1 fully saturated rings. The highest BCUT2D eigenvalue weighted by molar-refractivity contribution is 4.91. The van der Waals surface area contributed by atoms with E-state index < -0.39 is 0 Å². The zero-order chi connectivity index (χ0) is 15.0. The summed E-state index contributed by atoms with van der Waals surface area (Å²) in [4.78, 5) is 0. The molecule has 0 amide bonds. The minimum atomic E-state index is 0.365. The lowest BCUT2D eigenvalue weighted by Gasteiger charge is -2.42. The Hall–Kier alpha value is -0.0800. The molecule has 4 unspecified atom stereocenters. The summed E-state index contributed by atoms with van der Waals surface area (Å²) >= 11 is 0. The van der Waals surface area contributed by atoms with Crippen LogP contribution >= 0.6 is 0 Å². The minimum Gasteiger partial charge on any atom is -0.377 e.